The van der Waals surface area contributed by atoms with E-state index in [1.807, 2.05) is 36.4 Å². The van der Waals surface area contributed by atoms with Gasteiger partial charge in [-0.05, 0) is 48.7 Å². The molecule has 144 valence electrons. The number of hydrogen-bond acceptors (Lipinski definition) is 3. The topological polar surface area (TPSA) is 47.4 Å². The Morgan fingerprint density at radius 2 is 1.96 bits per heavy atom. The highest BCUT2D eigenvalue weighted by molar-refractivity contribution is 5.93. The molecular weight excluding hydrogens is 357 g/mol. The molecule has 0 aliphatic heterocycles. The van der Waals surface area contributed by atoms with E-state index >= 15 is 0 Å². The summed E-state index contributed by atoms with van der Waals surface area (Å²) in [5.41, 5.74) is 3.02. The second-order valence-corrected chi connectivity index (χ2v) is 7.11. The molecule has 4 rings (SSSR count). The molecule has 0 bridgehead atoms. The van der Waals surface area contributed by atoms with Crippen molar-refractivity contribution in [2.45, 2.75) is 25.3 Å². The number of rotatable bonds is 6. The summed E-state index contributed by atoms with van der Waals surface area (Å²) in [6.07, 6.45) is 2.22. The summed E-state index contributed by atoms with van der Waals surface area (Å²) in [6, 6.07) is 16.3. The molecule has 1 heterocycles. The van der Waals surface area contributed by atoms with Crippen molar-refractivity contribution in [1.82, 2.24) is 14.7 Å². The second kappa shape index (κ2) is 7.46. The Morgan fingerprint density at radius 3 is 2.61 bits per heavy atom. The number of nitrogens with zero attached hydrogens (tertiary/aromatic N) is 3. The van der Waals surface area contributed by atoms with Crippen LogP contribution in [0, 0.1) is 5.82 Å². The lowest BCUT2D eigenvalue weighted by molar-refractivity contribution is 0.0776. The van der Waals surface area contributed by atoms with E-state index < -0.39 is 5.82 Å². The second-order valence-electron chi connectivity index (χ2n) is 7.11. The summed E-state index contributed by atoms with van der Waals surface area (Å²) < 4.78 is 20.6. The van der Waals surface area contributed by atoms with Gasteiger partial charge in [0, 0.05) is 19.5 Å². The van der Waals surface area contributed by atoms with Crippen molar-refractivity contribution in [3.8, 4) is 11.4 Å². The van der Waals surface area contributed by atoms with Crippen molar-refractivity contribution >= 4 is 5.91 Å². The van der Waals surface area contributed by atoms with E-state index in [4.69, 9.17) is 4.74 Å². The molecule has 0 spiro atoms. The minimum Gasteiger partial charge on any atom is -0.494 e. The molecule has 1 aromatic heterocycles. The Bertz CT molecular complexity index is 996. The summed E-state index contributed by atoms with van der Waals surface area (Å²) in [5, 5.41) is 4.68. The molecule has 2 aromatic carbocycles. The van der Waals surface area contributed by atoms with Crippen LogP contribution in [0.15, 0.2) is 54.6 Å². The van der Waals surface area contributed by atoms with Crippen molar-refractivity contribution in [1.29, 1.82) is 0 Å². The maximum Gasteiger partial charge on any atom is 0.272 e. The van der Waals surface area contributed by atoms with Gasteiger partial charge in [-0.25, -0.2) is 9.07 Å². The molecule has 3 aromatic rings. The summed E-state index contributed by atoms with van der Waals surface area (Å²) in [4.78, 5) is 14.7. The van der Waals surface area contributed by atoms with Crippen LogP contribution >= 0.6 is 0 Å². The lowest BCUT2D eigenvalue weighted by Crippen LogP contribution is -2.28. The molecule has 6 heteroatoms. The Morgan fingerprint density at radius 1 is 1.21 bits per heavy atom. The average Bonchev–Trinajstić information content (AvgIpc) is 3.47. The van der Waals surface area contributed by atoms with Gasteiger partial charge in [-0.2, -0.15) is 5.10 Å². The molecular formula is C22H22FN3O2. The highest BCUT2D eigenvalue weighted by atomic mass is 19.1. The van der Waals surface area contributed by atoms with Crippen LogP contribution in [0.3, 0.4) is 0 Å². The van der Waals surface area contributed by atoms with E-state index in [1.165, 1.54) is 13.2 Å². The van der Waals surface area contributed by atoms with Gasteiger partial charge in [-0.15, -0.1) is 0 Å². The predicted octanol–water partition coefficient (Wildman–Crippen LogP) is 4.17. The third kappa shape index (κ3) is 3.63. The number of amides is 1. The first-order valence-electron chi connectivity index (χ1n) is 9.30. The standard InChI is InChI=1S/C22H22FN3O2/c1-25(14-15-8-11-21(28-2)18(23)12-15)22(27)20-13-19(16-9-10-16)24-26(20)17-6-4-3-5-7-17/h3-8,11-13,16H,9-10,14H2,1-2H3. The maximum atomic E-state index is 14.0. The number of para-hydroxylation sites is 1. The minimum atomic E-state index is -0.439. The largest absolute Gasteiger partial charge is 0.494 e. The number of halogens is 1. The van der Waals surface area contributed by atoms with Gasteiger partial charge in [-0.1, -0.05) is 24.3 Å². The van der Waals surface area contributed by atoms with E-state index in [2.05, 4.69) is 5.10 Å². The van der Waals surface area contributed by atoms with Gasteiger partial charge < -0.3 is 9.64 Å². The minimum absolute atomic E-state index is 0.153. The third-order valence-corrected chi connectivity index (χ3v) is 4.93. The van der Waals surface area contributed by atoms with Gasteiger partial charge in [0.05, 0.1) is 18.5 Å². The molecule has 1 aliphatic carbocycles. The molecule has 0 radical (unpaired) electrons. The van der Waals surface area contributed by atoms with Crippen LogP contribution < -0.4 is 4.74 Å². The fourth-order valence-electron chi connectivity index (χ4n) is 3.25. The zero-order valence-electron chi connectivity index (χ0n) is 15.9. The first-order valence-corrected chi connectivity index (χ1v) is 9.30. The van der Waals surface area contributed by atoms with E-state index in [0.29, 0.717) is 23.7 Å². The lowest BCUT2D eigenvalue weighted by atomic mass is 10.2. The van der Waals surface area contributed by atoms with Crippen LogP contribution in [0.5, 0.6) is 5.75 Å². The Labute approximate surface area is 163 Å². The fourth-order valence-corrected chi connectivity index (χ4v) is 3.25. The van der Waals surface area contributed by atoms with E-state index in [9.17, 15) is 9.18 Å². The molecule has 1 aliphatic rings. The van der Waals surface area contributed by atoms with Crippen LogP contribution in [0.4, 0.5) is 4.39 Å². The van der Waals surface area contributed by atoms with Crippen LogP contribution in [-0.4, -0.2) is 34.7 Å². The van der Waals surface area contributed by atoms with Gasteiger partial charge in [0.2, 0.25) is 0 Å². The zero-order chi connectivity index (χ0) is 19.7. The monoisotopic (exact) mass is 379 g/mol. The fraction of sp³-hybridized carbons (Fsp3) is 0.273. The lowest BCUT2D eigenvalue weighted by Gasteiger charge is -2.18. The van der Waals surface area contributed by atoms with Crippen molar-refractivity contribution in [3.63, 3.8) is 0 Å². The Balaban J connectivity index is 1.61. The molecule has 0 atom stereocenters. The average molecular weight is 379 g/mol. The molecule has 0 N–H and O–H groups in total. The normalized spacial score (nSPS) is 13.4. The summed E-state index contributed by atoms with van der Waals surface area (Å²) in [5.74, 6) is 0.0390. The van der Waals surface area contributed by atoms with Gasteiger partial charge in [0.15, 0.2) is 11.6 Å². The number of hydrogen-bond donors (Lipinski definition) is 0. The summed E-state index contributed by atoms with van der Waals surface area (Å²) >= 11 is 0. The number of ether oxygens (including phenoxy) is 1. The predicted molar refractivity (Wildman–Crippen MR) is 104 cm³/mol. The maximum absolute atomic E-state index is 14.0. The van der Waals surface area contributed by atoms with Gasteiger partial charge in [0.1, 0.15) is 5.69 Å². The smallest absolute Gasteiger partial charge is 0.272 e. The molecule has 0 unspecified atom stereocenters. The highest BCUT2D eigenvalue weighted by Gasteiger charge is 2.29. The van der Waals surface area contributed by atoms with Crippen LogP contribution in [0.25, 0.3) is 5.69 Å². The zero-order valence-corrected chi connectivity index (χ0v) is 15.9. The van der Waals surface area contributed by atoms with Crippen molar-refractivity contribution < 1.29 is 13.9 Å². The van der Waals surface area contributed by atoms with Gasteiger partial charge >= 0.3 is 0 Å². The SMILES string of the molecule is COc1ccc(CN(C)C(=O)c2cc(C3CC3)nn2-c2ccccc2)cc1F. The number of benzene rings is 2. The van der Waals surface area contributed by atoms with Crippen LogP contribution in [0.1, 0.15) is 40.5 Å². The molecule has 1 amide bonds. The van der Waals surface area contributed by atoms with Gasteiger partial charge in [-0.3, -0.25) is 4.79 Å². The molecule has 1 fully saturated rings. The van der Waals surface area contributed by atoms with Crippen LogP contribution in [-0.2, 0) is 6.54 Å². The van der Waals surface area contributed by atoms with Crippen molar-refractivity contribution in [3.05, 3.63) is 77.4 Å². The molecule has 28 heavy (non-hydrogen) atoms. The quantitative estimate of drug-likeness (QED) is 0.646. The van der Waals surface area contributed by atoms with E-state index in [1.54, 1.807) is 28.8 Å². The summed E-state index contributed by atoms with van der Waals surface area (Å²) in [7, 11) is 3.14. The molecule has 1 saturated carbocycles. The Kier molecular flexibility index (Phi) is 4.86. The van der Waals surface area contributed by atoms with Crippen molar-refractivity contribution in [2.24, 2.45) is 0 Å². The number of aromatic nitrogens is 2. The van der Waals surface area contributed by atoms with Gasteiger partial charge in [0.25, 0.3) is 5.91 Å². The summed E-state index contributed by atoms with van der Waals surface area (Å²) in [6.45, 7) is 0.290. The number of carbonyl (C=O) groups excluding carboxylic acids is 1. The molecule has 0 saturated heterocycles. The Hall–Kier alpha value is -3.15. The third-order valence-electron chi connectivity index (χ3n) is 4.93. The van der Waals surface area contributed by atoms with Crippen LogP contribution in [0.2, 0.25) is 0 Å². The number of carbonyl (C=O) groups is 1. The van der Waals surface area contributed by atoms with E-state index in [-0.39, 0.29) is 11.7 Å². The first-order chi connectivity index (χ1) is 13.6. The first kappa shape index (κ1) is 18.2. The van der Waals surface area contributed by atoms with E-state index in [0.717, 1.165) is 24.2 Å². The highest BCUT2D eigenvalue weighted by Crippen LogP contribution is 2.39. The number of methoxy groups -OCH3 is 1. The molecule has 5 nitrogen and oxygen atoms in total. The van der Waals surface area contributed by atoms with Crippen molar-refractivity contribution in [2.75, 3.05) is 14.2 Å².